The topological polar surface area (TPSA) is 37.3 Å². The predicted octanol–water partition coefficient (Wildman–Crippen LogP) is 5.44. The third-order valence-corrected chi connectivity index (χ3v) is 2.82. The fourth-order valence-electron chi connectivity index (χ4n) is 1.71. The fourth-order valence-corrected chi connectivity index (χ4v) is 1.71. The van der Waals surface area contributed by atoms with Crippen molar-refractivity contribution in [1.82, 2.24) is 0 Å². The van der Waals surface area contributed by atoms with E-state index >= 15 is 0 Å². The molecule has 0 rings (SSSR count). The molecule has 0 aliphatic carbocycles. The molecule has 0 spiro atoms. The molecule has 0 atom stereocenters. The predicted molar refractivity (Wildman–Crippen MR) is 86.8 cm³/mol. The van der Waals surface area contributed by atoms with Crippen LogP contribution in [0.5, 0.6) is 0 Å². The molecule has 0 heterocycles. The van der Waals surface area contributed by atoms with Crippen molar-refractivity contribution in [2.24, 2.45) is 0 Å². The Balaban J connectivity index is 3.35. The van der Waals surface area contributed by atoms with Gasteiger partial charge in [0.15, 0.2) is 0 Å². The maximum absolute atomic E-state index is 10.3. The molecule has 0 unspecified atom stereocenters. The van der Waals surface area contributed by atoms with E-state index in [9.17, 15) is 4.79 Å². The highest BCUT2D eigenvalue weighted by Gasteiger charge is 1.95. The molecule has 112 valence electrons. The van der Waals surface area contributed by atoms with Gasteiger partial charge in [0.05, 0.1) is 0 Å². The van der Waals surface area contributed by atoms with Gasteiger partial charge in [-0.2, -0.15) is 0 Å². The van der Waals surface area contributed by atoms with E-state index in [1.807, 2.05) is 24.3 Å². The average Bonchev–Trinajstić information content (AvgIpc) is 2.43. The van der Waals surface area contributed by atoms with Gasteiger partial charge in [0.25, 0.3) is 0 Å². The number of carboxylic acid groups (broad SMARTS) is 1. The van der Waals surface area contributed by atoms with Gasteiger partial charge in [-0.3, -0.25) is 4.79 Å². The second-order valence-corrected chi connectivity index (χ2v) is 4.73. The van der Waals surface area contributed by atoms with E-state index in [4.69, 9.17) is 5.11 Å². The molecule has 0 amide bonds. The molecule has 0 aromatic carbocycles. The molecule has 20 heavy (non-hydrogen) atoms. The van der Waals surface area contributed by atoms with Crippen LogP contribution in [0.4, 0.5) is 0 Å². The van der Waals surface area contributed by atoms with Gasteiger partial charge < -0.3 is 5.11 Å². The van der Waals surface area contributed by atoms with Crippen molar-refractivity contribution < 1.29 is 9.90 Å². The lowest BCUT2D eigenvalue weighted by molar-refractivity contribution is -0.137. The summed E-state index contributed by atoms with van der Waals surface area (Å²) < 4.78 is 0. The quantitative estimate of drug-likeness (QED) is 0.381. The number of unbranched alkanes of at least 4 members (excludes halogenated alkanes) is 5. The van der Waals surface area contributed by atoms with Crippen molar-refractivity contribution in [2.45, 2.75) is 58.3 Å². The van der Waals surface area contributed by atoms with Crippen molar-refractivity contribution in [3.8, 4) is 0 Å². The summed E-state index contributed by atoms with van der Waals surface area (Å²) in [5.41, 5.74) is 0. The van der Waals surface area contributed by atoms with Gasteiger partial charge >= 0.3 is 5.97 Å². The van der Waals surface area contributed by atoms with Crippen LogP contribution in [-0.4, -0.2) is 11.1 Å². The smallest absolute Gasteiger partial charge is 0.303 e. The zero-order valence-electron chi connectivity index (χ0n) is 12.6. The highest BCUT2D eigenvalue weighted by Crippen LogP contribution is 2.07. The van der Waals surface area contributed by atoms with E-state index in [0.717, 1.165) is 32.1 Å². The van der Waals surface area contributed by atoms with E-state index in [1.54, 1.807) is 0 Å². The third-order valence-electron chi connectivity index (χ3n) is 2.82. The van der Waals surface area contributed by atoms with Crippen LogP contribution in [0.3, 0.4) is 0 Å². The standard InChI is InChI=1S/C18H28O2/c1-2-3-4-5-6-7-8-9-10-11-12-13-14-15-16-17-18(19)20/h3-10H,2,11-17H2,1H3,(H,19,20)/b4-3?,6-5?,8-7+,10-9-. The van der Waals surface area contributed by atoms with Crippen LogP contribution < -0.4 is 0 Å². The van der Waals surface area contributed by atoms with Crippen LogP contribution in [0.15, 0.2) is 48.6 Å². The Morgan fingerprint density at radius 1 is 0.800 bits per heavy atom. The number of allylic oxidation sites excluding steroid dienone is 8. The molecule has 0 radical (unpaired) electrons. The number of aliphatic carboxylic acids is 1. The summed E-state index contributed by atoms with van der Waals surface area (Å²) in [6.07, 6.45) is 24.4. The van der Waals surface area contributed by atoms with Gasteiger partial charge in [0.1, 0.15) is 0 Å². The van der Waals surface area contributed by atoms with Gasteiger partial charge in [0.2, 0.25) is 0 Å². The molecule has 0 fully saturated rings. The summed E-state index contributed by atoms with van der Waals surface area (Å²) in [6.45, 7) is 2.12. The Kier molecular flexibility index (Phi) is 14.3. The first-order chi connectivity index (χ1) is 9.77. The van der Waals surface area contributed by atoms with Gasteiger partial charge in [-0.25, -0.2) is 0 Å². The van der Waals surface area contributed by atoms with E-state index in [2.05, 4.69) is 31.2 Å². The molecular weight excluding hydrogens is 248 g/mol. The Labute approximate surface area is 123 Å². The molecule has 2 nitrogen and oxygen atoms in total. The first-order valence-corrected chi connectivity index (χ1v) is 7.64. The summed E-state index contributed by atoms with van der Waals surface area (Å²) in [7, 11) is 0. The highest BCUT2D eigenvalue weighted by molar-refractivity contribution is 5.66. The molecule has 1 N–H and O–H groups in total. The second-order valence-electron chi connectivity index (χ2n) is 4.73. The molecular formula is C18H28O2. The van der Waals surface area contributed by atoms with Crippen LogP contribution in [0, 0.1) is 0 Å². The minimum absolute atomic E-state index is 0.311. The van der Waals surface area contributed by atoms with E-state index < -0.39 is 5.97 Å². The zero-order chi connectivity index (χ0) is 14.9. The number of rotatable bonds is 12. The van der Waals surface area contributed by atoms with E-state index in [-0.39, 0.29) is 0 Å². The van der Waals surface area contributed by atoms with Gasteiger partial charge in [-0.15, -0.1) is 0 Å². The van der Waals surface area contributed by atoms with Crippen LogP contribution in [0.1, 0.15) is 58.3 Å². The van der Waals surface area contributed by atoms with E-state index in [1.165, 1.54) is 12.8 Å². The zero-order valence-corrected chi connectivity index (χ0v) is 12.6. The highest BCUT2D eigenvalue weighted by atomic mass is 16.4. The molecule has 0 bridgehead atoms. The molecule has 0 aliphatic rings. The molecule has 0 aromatic rings. The lowest BCUT2D eigenvalue weighted by Gasteiger charge is -1.97. The minimum Gasteiger partial charge on any atom is -0.481 e. The van der Waals surface area contributed by atoms with Crippen molar-refractivity contribution in [3.63, 3.8) is 0 Å². The maximum atomic E-state index is 10.3. The Bertz CT molecular complexity index is 335. The largest absolute Gasteiger partial charge is 0.481 e. The maximum Gasteiger partial charge on any atom is 0.303 e. The van der Waals surface area contributed by atoms with Crippen LogP contribution in [0.25, 0.3) is 0 Å². The second kappa shape index (κ2) is 15.5. The van der Waals surface area contributed by atoms with Crippen molar-refractivity contribution in [2.75, 3.05) is 0 Å². The van der Waals surface area contributed by atoms with Crippen molar-refractivity contribution in [1.29, 1.82) is 0 Å². The SMILES string of the molecule is CCC=CC=C/C=C/C=C\CCCCCCCC(=O)O. The summed E-state index contributed by atoms with van der Waals surface area (Å²) >= 11 is 0. The van der Waals surface area contributed by atoms with Gasteiger partial charge in [-0.1, -0.05) is 74.8 Å². The normalized spacial score (nSPS) is 12.4. The molecule has 0 aliphatic heterocycles. The van der Waals surface area contributed by atoms with Crippen LogP contribution in [-0.2, 0) is 4.79 Å². The summed E-state index contributed by atoms with van der Waals surface area (Å²) in [5.74, 6) is -0.682. The lowest BCUT2D eigenvalue weighted by Crippen LogP contribution is -1.93. The monoisotopic (exact) mass is 276 g/mol. The summed E-state index contributed by atoms with van der Waals surface area (Å²) in [6, 6.07) is 0. The molecule has 0 saturated carbocycles. The average molecular weight is 276 g/mol. The van der Waals surface area contributed by atoms with Gasteiger partial charge in [-0.05, 0) is 25.7 Å². The number of hydrogen-bond acceptors (Lipinski definition) is 1. The van der Waals surface area contributed by atoms with Crippen LogP contribution >= 0.6 is 0 Å². The number of carboxylic acids is 1. The van der Waals surface area contributed by atoms with Gasteiger partial charge in [0, 0.05) is 6.42 Å². The Morgan fingerprint density at radius 3 is 2.00 bits per heavy atom. The van der Waals surface area contributed by atoms with E-state index in [0.29, 0.717) is 6.42 Å². The molecule has 0 saturated heterocycles. The van der Waals surface area contributed by atoms with Crippen molar-refractivity contribution >= 4 is 5.97 Å². The van der Waals surface area contributed by atoms with Crippen LogP contribution in [0.2, 0.25) is 0 Å². The molecule has 0 aromatic heterocycles. The Morgan fingerprint density at radius 2 is 1.35 bits per heavy atom. The third kappa shape index (κ3) is 16.4. The summed E-state index contributed by atoms with van der Waals surface area (Å²) in [4.78, 5) is 10.3. The van der Waals surface area contributed by atoms with Crippen molar-refractivity contribution in [3.05, 3.63) is 48.6 Å². The lowest BCUT2D eigenvalue weighted by atomic mass is 10.1. The first-order valence-electron chi connectivity index (χ1n) is 7.64. The summed E-state index contributed by atoms with van der Waals surface area (Å²) in [5, 5.41) is 8.49. The Hall–Kier alpha value is -1.57. The number of hydrogen-bond donors (Lipinski definition) is 1. The number of carbonyl (C=O) groups is 1. The fraction of sp³-hybridized carbons (Fsp3) is 0.500. The minimum atomic E-state index is -0.682. The first kappa shape index (κ1) is 18.4. The molecule has 2 heteroatoms.